The van der Waals surface area contributed by atoms with Crippen LogP contribution in [-0.2, 0) is 0 Å². The Morgan fingerprint density at radius 2 is 2.19 bits per heavy atom. The molecular weight excluding hydrogens is 216 g/mol. The molecular formula is C13H22N2S. The van der Waals surface area contributed by atoms with Gasteiger partial charge in [-0.3, -0.25) is 0 Å². The Bertz CT molecular complexity index is 284. The Balaban J connectivity index is 2.34. The number of nitrogens with zero attached hydrogens (tertiary/aromatic N) is 1. The molecule has 2 nitrogen and oxygen atoms in total. The van der Waals surface area contributed by atoms with Gasteiger partial charge in [0, 0.05) is 5.75 Å². The van der Waals surface area contributed by atoms with Gasteiger partial charge in [0.1, 0.15) is 0 Å². The number of nitrogen functional groups attached to an aromatic ring is 1. The van der Waals surface area contributed by atoms with E-state index >= 15 is 0 Å². The first kappa shape index (κ1) is 13.4. The van der Waals surface area contributed by atoms with Gasteiger partial charge in [0.25, 0.3) is 0 Å². The maximum absolute atomic E-state index is 5.60. The Morgan fingerprint density at radius 3 is 2.75 bits per heavy atom. The van der Waals surface area contributed by atoms with Gasteiger partial charge in [0.2, 0.25) is 0 Å². The highest BCUT2D eigenvalue weighted by atomic mass is 32.2. The van der Waals surface area contributed by atoms with Crippen LogP contribution in [-0.4, -0.2) is 10.7 Å². The SMILES string of the molecule is CCCCC(CC)CSc1ccc(N)cn1. The highest BCUT2D eigenvalue weighted by Gasteiger charge is 2.06. The lowest BCUT2D eigenvalue weighted by atomic mass is 10.0. The molecule has 0 aliphatic carbocycles. The molecule has 0 aliphatic rings. The second-order valence-electron chi connectivity index (χ2n) is 4.16. The van der Waals surface area contributed by atoms with Gasteiger partial charge in [-0.15, -0.1) is 11.8 Å². The van der Waals surface area contributed by atoms with Gasteiger partial charge in [0.05, 0.1) is 16.9 Å². The van der Waals surface area contributed by atoms with Crippen molar-refractivity contribution in [2.45, 2.75) is 44.6 Å². The minimum absolute atomic E-state index is 0.738. The van der Waals surface area contributed by atoms with Crippen molar-refractivity contribution in [1.29, 1.82) is 0 Å². The summed E-state index contributed by atoms with van der Waals surface area (Å²) in [7, 11) is 0. The molecule has 0 fully saturated rings. The first-order chi connectivity index (χ1) is 7.76. The lowest BCUT2D eigenvalue weighted by Gasteiger charge is -2.13. The molecule has 0 spiro atoms. The number of anilines is 1. The number of thioether (sulfide) groups is 1. The molecule has 0 amide bonds. The van der Waals surface area contributed by atoms with E-state index in [4.69, 9.17) is 5.73 Å². The van der Waals surface area contributed by atoms with Crippen molar-refractivity contribution >= 4 is 17.4 Å². The monoisotopic (exact) mass is 238 g/mol. The summed E-state index contributed by atoms with van der Waals surface area (Å²) < 4.78 is 0. The molecule has 1 aromatic rings. The van der Waals surface area contributed by atoms with Gasteiger partial charge in [-0.1, -0.05) is 33.1 Å². The van der Waals surface area contributed by atoms with E-state index in [2.05, 4.69) is 18.8 Å². The van der Waals surface area contributed by atoms with Crippen molar-refractivity contribution in [3.63, 3.8) is 0 Å². The molecule has 0 bridgehead atoms. The van der Waals surface area contributed by atoms with Crippen LogP contribution in [0.3, 0.4) is 0 Å². The Hall–Kier alpha value is -0.700. The van der Waals surface area contributed by atoms with E-state index in [0.29, 0.717) is 0 Å². The molecule has 2 N–H and O–H groups in total. The Morgan fingerprint density at radius 1 is 1.38 bits per heavy atom. The fraction of sp³-hybridized carbons (Fsp3) is 0.615. The van der Waals surface area contributed by atoms with Crippen LogP contribution in [0.15, 0.2) is 23.4 Å². The summed E-state index contributed by atoms with van der Waals surface area (Å²) in [5.74, 6) is 2.00. The number of hydrogen-bond donors (Lipinski definition) is 1. The van der Waals surface area contributed by atoms with E-state index in [-0.39, 0.29) is 0 Å². The predicted molar refractivity (Wildman–Crippen MR) is 72.7 cm³/mol. The lowest BCUT2D eigenvalue weighted by Crippen LogP contribution is -2.02. The molecule has 0 aliphatic heterocycles. The third-order valence-corrected chi connectivity index (χ3v) is 3.94. The summed E-state index contributed by atoms with van der Waals surface area (Å²) in [6.07, 6.45) is 6.97. The van der Waals surface area contributed by atoms with Crippen LogP contribution < -0.4 is 5.73 Å². The fourth-order valence-electron chi connectivity index (χ4n) is 1.58. The third-order valence-electron chi connectivity index (χ3n) is 2.77. The molecule has 3 heteroatoms. The van der Waals surface area contributed by atoms with E-state index in [1.165, 1.54) is 31.4 Å². The quantitative estimate of drug-likeness (QED) is 0.730. The van der Waals surface area contributed by atoms with E-state index in [0.717, 1.165) is 16.6 Å². The number of unbranched alkanes of at least 4 members (excludes halogenated alkanes) is 1. The second kappa shape index (κ2) is 7.55. The zero-order valence-electron chi connectivity index (χ0n) is 10.3. The number of rotatable bonds is 7. The van der Waals surface area contributed by atoms with Gasteiger partial charge in [-0.2, -0.15) is 0 Å². The van der Waals surface area contributed by atoms with Gasteiger partial charge in [0.15, 0.2) is 0 Å². The first-order valence-corrected chi connectivity index (χ1v) is 7.09. The average Bonchev–Trinajstić information content (AvgIpc) is 2.32. The van der Waals surface area contributed by atoms with E-state index < -0.39 is 0 Å². The molecule has 1 atom stereocenters. The first-order valence-electron chi connectivity index (χ1n) is 6.10. The topological polar surface area (TPSA) is 38.9 Å². The smallest absolute Gasteiger partial charge is 0.0961 e. The van der Waals surface area contributed by atoms with Crippen LogP contribution in [0.1, 0.15) is 39.5 Å². The van der Waals surface area contributed by atoms with Gasteiger partial charge >= 0.3 is 0 Å². The summed E-state index contributed by atoms with van der Waals surface area (Å²) in [4.78, 5) is 4.30. The largest absolute Gasteiger partial charge is 0.397 e. The van der Waals surface area contributed by atoms with Crippen molar-refractivity contribution in [1.82, 2.24) is 4.98 Å². The summed E-state index contributed by atoms with van der Waals surface area (Å²) in [5, 5.41) is 1.09. The number of hydrogen-bond acceptors (Lipinski definition) is 3. The van der Waals surface area contributed by atoms with E-state index in [1.807, 2.05) is 23.9 Å². The Labute approximate surface area is 103 Å². The van der Waals surface area contributed by atoms with Gasteiger partial charge in [-0.25, -0.2) is 4.98 Å². The molecule has 16 heavy (non-hydrogen) atoms. The van der Waals surface area contributed by atoms with Crippen LogP contribution in [0.5, 0.6) is 0 Å². The van der Waals surface area contributed by atoms with Crippen LogP contribution in [0.4, 0.5) is 5.69 Å². The predicted octanol–water partition coefficient (Wildman–Crippen LogP) is 3.97. The van der Waals surface area contributed by atoms with Crippen molar-refractivity contribution in [3.05, 3.63) is 18.3 Å². The van der Waals surface area contributed by atoms with E-state index in [9.17, 15) is 0 Å². The average molecular weight is 238 g/mol. The van der Waals surface area contributed by atoms with Crippen LogP contribution >= 0.6 is 11.8 Å². The number of aromatic nitrogens is 1. The molecule has 0 aromatic carbocycles. The van der Waals surface area contributed by atoms with Crippen molar-refractivity contribution in [2.75, 3.05) is 11.5 Å². The van der Waals surface area contributed by atoms with Crippen LogP contribution in [0.2, 0.25) is 0 Å². The maximum Gasteiger partial charge on any atom is 0.0961 e. The summed E-state index contributed by atoms with van der Waals surface area (Å²) in [6, 6.07) is 3.93. The minimum Gasteiger partial charge on any atom is -0.397 e. The molecule has 1 heterocycles. The fourth-order valence-corrected chi connectivity index (χ4v) is 2.68. The van der Waals surface area contributed by atoms with Gasteiger partial charge < -0.3 is 5.73 Å². The van der Waals surface area contributed by atoms with Crippen LogP contribution in [0.25, 0.3) is 0 Å². The summed E-state index contributed by atoms with van der Waals surface area (Å²) >= 11 is 1.85. The lowest BCUT2D eigenvalue weighted by molar-refractivity contribution is 0.499. The molecule has 0 radical (unpaired) electrons. The number of nitrogens with two attached hydrogens (primary N) is 1. The summed E-state index contributed by atoms with van der Waals surface area (Å²) in [5.41, 5.74) is 6.34. The zero-order valence-corrected chi connectivity index (χ0v) is 11.1. The highest BCUT2D eigenvalue weighted by molar-refractivity contribution is 7.99. The third kappa shape index (κ3) is 4.88. The normalized spacial score (nSPS) is 12.6. The molecule has 0 saturated heterocycles. The summed E-state index contributed by atoms with van der Waals surface area (Å²) in [6.45, 7) is 4.53. The van der Waals surface area contributed by atoms with Gasteiger partial charge in [-0.05, 0) is 24.5 Å². The van der Waals surface area contributed by atoms with Crippen molar-refractivity contribution in [2.24, 2.45) is 5.92 Å². The molecule has 1 aromatic heterocycles. The minimum atomic E-state index is 0.738. The zero-order chi connectivity index (χ0) is 11.8. The van der Waals surface area contributed by atoms with E-state index in [1.54, 1.807) is 6.20 Å². The molecule has 1 unspecified atom stereocenters. The maximum atomic E-state index is 5.60. The molecule has 0 saturated carbocycles. The van der Waals surface area contributed by atoms with Crippen LogP contribution in [0, 0.1) is 5.92 Å². The standard InChI is InChI=1S/C13H22N2S/c1-3-5-6-11(4-2)10-16-13-8-7-12(14)9-15-13/h7-9,11H,3-6,10,14H2,1-2H3. The van der Waals surface area contributed by atoms with Crippen molar-refractivity contribution in [3.8, 4) is 0 Å². The highest BCUT2D eigenvalue weighted by Crippen LogP contribution is 2.23. The van der Waals surface area contributed by atoms with Crippen molar-refractivity contribution < 1.29 is 0 Å². The second-order valence-corrected chi connectivity index (χ2v) is 5.20. The Kier molecular flexibility index (Phi) is 6.31. The molecule has 90 valence electrons. The molecule has 1 rings (SSSR count). The number of pyridine rings is 1.